The smallest absolute Gasteiger partial charge is 0.271 e. The number of rotatable bonds is 5. The lowest BCUT2D eigenvalue weighted by Gasteiger charge is -2.05. The summed E-state index contributed by atoms with van der Waals surface area (Å²) in [4.78, 5) is 28.7. The van der Waals surface area contributed by atoms with E-state index in [1.165, 1.54) is 6.20 Å². The maximum Gasteiger partial charge on any atom is 0.271 e. The van der Waals surface area contributed by atoms with Crippen molar-refractivity contribution < 1.29 is 9.53 Å². The van der Waals surface area contributed by atoms with E-state index in [0.29, 0.717) is 13.0 Å². The van der Waals surface area contributed by atoms with E-state index < -0.39 is 0 Å². The van der Waals surface area contributed by atoms with Gasteiger partial charge in [-0.3, -0.25) is 9.59 Å². The lowest BCUT2D eigenvalue weighted by molar-refractivity contribution is 0.0948. The van der Waals surface area contributed by atoms with Crippen LogP contribution in [0.2, 0.25) is 0 Å². The first kappa shape index (κ1) is 13.8. The molecule has 0 bridgehead atoms. The number of amides is 1. The zero-order valence-electron chi connectivity index (χ0n) is 11.1. The number of H-pyrrole nitrogens is 1. The topological polar surface area (TPSA) is 84.1 Å². The molecule has 1 aromatic carbocycles. The van der Waals surface area contributed by atoms with E-state index in [1.54, 1.807) is 7.11 Å². The number of carbonyl (C=O) groups excluding carboxylic acids is 1. The average Bonchev–Trinajstić information content (AvgIpc) is 2.48. The Balaban J connectivity index is 1.84. The van der Waals surface area contributed by atoms with Crippen LogP contribution < -0.4 is 15.6 Å². The van der Waals surface area contributed by atoms with Crippen molar-refractivity contribution in [1.29, 1.82) is 0 Å². The Kier molecular flexibility index (Phi) is 4.49. The number of methoxy groups -OCH3 is 1. The fourth-order valence-corrected chi connectivity index (χ4v) is 1.67. The van der Waals surface area contributed by atoms with E-state index in [2.05, 4.69) is 15.3 Å². The molecule has 0 atom stereocenters. The highest BCUT2D eigenvalue weighted by molar-refractivity contribution is 5.91. The number of nitrogens with zero attached hydrogens (tertiary/aromatic N) is 1. The second-order valence-corrected chi connectivity index (χ2v) is 4.15. The van der Waals surface area contributed by atoms with Gasteiger partial charge in [-0.2, -0.15) is 0 Å². The maximum absolute atomic E-state index is 11.7. The van der Waals surface area contributed by atoms with E-state index >= 15 is 0 Å². The summed E-state index contributed by atoms with van der Waals surface area (Å²) in [5.74, 6) is 0.491. The molecule has 0 spiro atoms. The molecule has 2 N–H and O–H groups in total. The standard InChI is InChI=1S/C14H15N3O3/c1-20-11-4-2-10(3-5-11)6-7-15-14(19)12-8-17-13(18)9-16-12/h2-5,8-9H,6-7H2,1H3,(H,15,19)(H,17,18). The molecule has 1 heterocycles. The Morgan fingerprint density at radius 3 is 2.70 bits per heavy atom. The molecule has 0 fully saturated rings. The zero-order chi connectivity index (χ0) is 14.4. The Morgan fingerprint density at radius 2 is 2.10 bits per heavy atom. The minimum Gasteiger partial charge on any atom is -0.497 e. The summed E-state index contributed by atoms with van der Waals surface area (Å²) in [7, 11) is 1.62. The normalized spacial score (nSPS) is 10.1. The van der Waals surface area contributed by atoms with E-state index in [9.17, 15) is 9.59 Å². The molecule has 0 saturated heterocycles. The monoisotopic (exact) mass is 273 g/mol. The van der Waals surface area contributed by atoms with Crippen molar-refractivity contribution in [3.63, 3.8) is 0 Å². The molecular weight excluding hydrogens is 258 g/mol. The quantitative estimate of drug-likeness (QED) is 0.842. The molecule has 20 heavy (non-hydrogen) atoms. The summed E-state index contributed by atoms with van der Waals surface area (Å²) < 4.78 is 5.07. The van der Waals surface area contributed by atoms with Crippen LogP contribution in [-0.4, -0.2) is 29.5 Å². The molecule has 0 radical (unpaired) electrons. The number of aromatic nitrogens is 2. The van der Waals surface area contributed by atoms with Gasteiger partial charge in [-0.25, -0.2) is 4.98 Å². The van der Waals surface area contributed by atoms with Crippen LogP contribution in [-0.2, 0) is 6.42 Å². The Labute approximate surface area is 115 Å². The molecule has 0 aliphatic carbocycles. The molecule has 0 saturated carbocycles. The van der Waals surface area contributed by atoms with Gasteiger partial charge < -0.3 is 15.0 Å². The highest BCUT2D eigenvalue weighted by Gasteiger charge is 2.06. The molecule has 1 amide bonds. The average molecular weight is 273 g/mol. The van der Waals surface area contributed by atoms with Gasteiger partial charge in [-0.15, -0.1) is 0 Å². The van der Waals surface area contributed by atoms with Crippen molar-refractivity contribution in [2.45, 2.75) is 6.42 Å². The van der Waals surface area contributed by atoms with Crippen molar-refractivity contribution >= 4 is 5.91 Å². The summed E-state index contributed by atoms with van der Waals surface area (Å²) >= 11 is 0. The first-order valence-corrected chi connectivity index (χ1v) is 6.15. The van der Waals surface area contributed by atoms with Gasteiger partial charge in [0.2, 0.25) is 0 Å². The van der Waals surface area contributed by atoms with Crippen molar-refractivity contribution in [1.82, 2.24) is 15.3 Å². The largest absolute Gasteiger partial charge is 0.497 e. The van der Waals surface area contributed by atoms with Gasteiger partial charge in [0.15, 0.2) is 0 Å². The van der Waals surface area contributed by atoms with Crippen LogP contribution in [0.25, 0.3) is 0 Å². The van der Waals surface area contributed by atoms with Crippen LogP contribution in [0.1, 0.15) is 16.1 Å². The predicted molar refractivity (Wildman–Crippen MR) is 73.9 cm³/mol. The molecule has 6 nitrogen and oxygen atoms in total. The van der Waals surface area contributed by atoms with Gasteiger partial charge in [-0.1, -0.05) is 12.1 Å². The number of carbonyl (C=O) groups is 1. The third-order valence-corrected chi connectivity index (χ3v) is 2.76. The minimum atomic E-state index is -0.334. The van der Waals surface area contributed by atoms with Crippen molar-refractivity contribution in [2.75, 3.05) is 13.7 Å². The number of hydrogen-bond acceptors (Lipinski definition) is 4. The van der Waals surface area contributed by atoms with Crippen LogP contribution in [0.5, 0.6) is 5.75 Å². The molecule has 0 unspecified atom stereocenters. The predicted octanol–water partition coefficient (Wildman–Crippen LogP) is 0.751. The summed E-state index contributed by atoms with van der Waals surface area (Å²) in [5.41, 5.74) is 0.958. The van der Waals surface area contributed by atoms with Crippen molar-refractivity contribution in [2.24, 2.45) is 0 Å². The van der Waals surface area contributed by atoms with Crippen molar-refractivity contribution in [3.8, 4) is 5.75 Å². The molecule has 2 rings (SSSR count). The third-order valence-electron chi connectivity index (χ3n) is 2.76. The number of ether oxygens (including phenoxy) is 1. The summed E-state index contributed by atoms with van der Waals surface area (Å²) in [6.07, 6.45) is 3.09. The van der Waals surface area contributed by atoms with Gasteiger partial charge in [0, 0.05) is 12.7 Å². The second-order valence-electron chi connectivity index (χ2n) is 4.15. The Morgan fingerprint density at radius 1 is 1.35 bits per heavy atom. The molecular formula is C14H15N3O3. The number of nitrogens with one attached hydrogen (secondary N) is 2. The Hall–Kier alpha value is -2.63. The van der Waals surface area contributed by atoms with Crippen LogP contribution in [0.4, 0.5) is 0 Å². The SMILES string of the molecule is COc1ccc(CCNC(=O)c2c[nH]c(=O)cn2)cc1. The number of hydrogen-bond donors (Lipinski definition) is 2. The molecule has 2 aromatic rings. The van der Waals surface area contributed by atoms with Gasteiger partial charge in [0.05, 0.1) is 13.3 Å². The summed E-state index contributed by atoms with van der Waals surface area (Å²) in [6.45, 7) is 0.492. The molecule has 0 aliphatic rings. The Bertz CT molecular complexity index is 614. The molecule has 1 aromatic heterocycles. The summed E-state index contributed by atoms with van der Waals surface area (Å²) in [5, 5.41) is 2.74. The van der Waals surface area contributed by atoms with Crippen LogP contribution in [0, 0.1) is 0 Å². The lowest BCUT2D eigenvalue weighted by Crippen LogP contribution is -2.27. The highest BCUT2D eigenvalue weighted by atomic mass is 16.5. The molecule has 6 heteroatoms. The minimum absolute atomic E-state index is 0.194. The van der Waals surface area contributed by atoms with Gasteiger partial charge >= 0.3 is 0 Å². The highest BCUT2D eigenvalue weighted by Crippen LogP contribution is 2.11. The van der Waals surface area contributed by atoms with E-state index in [-0.39, 0.29) is 17.2 Å². The lowest BCUT2D eigenvalue weighted by atomic mass is 10.1. The fraction of sp³-hybridized carbons (Fsp3) is 0.214. The number of benzene rings is 1. The third kappa shape index (κ3) is 3.68. The van der Waals surface area contributed by atoms with E-state index in [0.717, 1.165) is 17.5 Å². The van der Waals surface area contributed by atoms with Crippen LogP contribution in [0.3, 0.4) is 0 Å². The fourth-order valence-electron chi connectivity index (χ4n) is 1.67. The van der Waals surface area contributed by atoms with Crippen molar-refractivity contribution in [3.05, 3.63) is 58.3 Å². The molecule has 104 valence electrons. The van der Waals surface area contributed by atoms with Gasteiger partial charge in [0.25, 0.3) is 11.5 Å². The first-order valence-electron chi connectivity index (χ1n) is 6.15. The summed E-state index contributed by atoms with van der Waals surface area (Å²) in [6, 6.07) is 7.65. The first-order chi connectivity index (χ1) is 9.69. The van der Waals surface area contributed by atoms with Gasteiger partial charge in [0.1, 0.15) is 11.4 Å². The van der Waals surface area contributed by atoms with Crippen LogP contribution in [0.15, 0.2) is 41.5 Å². The maximum atomic E-state index is 11.7. The van der Waals surface area contributed by atoms with Gasteiger partial charge in [-0.05, 0) is 24.1 Å². The zero-order valence-corrected chi connectivity index (χ0v) is 11.1. The van der Waals surface area contributed by atoms with Crippen LogP contribution >= 0.6 is 0 Å². The molecule has 0 aliphatic heterocycles. The van der Waals surface area contributed by atoms with E-state index in [1.807, 2.05) is 24.3 Å². The van der Waals surface area contributed by atoms with E-state index in [4.69, 9.17) is 4.74 Å². The number of aromatic amines is 1. The second kappa shape index (κ2) is 6.51.